The SMILES string of the molecule is CC(C)(C)OC(=O)OC12CN(Cc3ccccc3)CC1CN(C(=O)OC(C)(C)C)C2. The fourth-order valence-corrected chi connectivity index (χ4v) is 4.12. The highest BCUT2D eigenvalue weighted by molar-refractivity contribution is 5.69. The first-order valence-corrected chi connectivity index (χ1v) is 10.5. The fraction of sp³-hybridized carbons (Fsp3) is 0.652. The third kappa shape index (κ3) is 5.65. The number of rotatable bonds is 3. The summed E-state index contributed by atoms with van der Waals surface area (Å²) in [4.78, 5) is 29.1. The van der Waals surface area contributed by atoms with Crippen LogP contribution in [0.3, 0.4) is 0 Å². The molecule has 0 saturated carbocycles. The Morgan fingerprint density at radius 1 is 0.967 bits per heavy atom. The van der Waals surface area contributed by atoms with Gasteiger partial charge in [0, 0.05) is 32.1 Å². The Balaban J connectivity index is 1.74. The molecule has 0 N–H and O–H groups in total. The molecule has 2 heterocycles. The summed E-state index contributed by atoms with van der Waals surface area (Å²) in [6, 6.07) is 10.2. The summed E-state index contributed by atoms with van der Waals surface area (Å²) < 4.78 is 16.9. The van der Waals surface area contributed by atoms with Gasteiger partial charge < -0.3 is 19.1 Å². The first-order chi connectivity index (χ1) is 13.9. The lowest BCUT2D eigenvalue weighted by Gasteiger charge is -2.31. The Labute approximate surface area is 179 Å². The van der Waals surface area contributed by atoms with E-state index in [1.54, 1.807) is 25.7 Å². The number of ether oxygens (including phenoxy) is 3. The van der Waals surface area contributed by atoms with Crippen molar-refractivity contribution in [1.29, 1.82) is 0 Å². The standard InChI is InChI=1S/C23H34N2O5/c1-21(2,3)28-19(26)25-14-18-13-24(12-17-10-8-7-9-11-17)15-23(18,16-25)30-20(27)29-22(4,5)6/h7-11,18H,12-16H2,1-6H3. The molecule has 7 nitrogen and oxygen atoms in total. The second kappa shape index (κ2) is 8.10. The largest absolute Gasteiger partial charge is 0.509 e. The normalized spacial score (nSPS) is 24.5. The monoisotopic (exact) mass is 418 g/mol. The van der Waals surface area contributed by atoms with E-state index in [9.17, 15) is 9.59 Å². The summed E-state index contributed by atoms with van der Waals surface area (Å²) in [5.41, 5.74) is -0.815. The molecule has 1 aromatic rings. The quantitative estimate of drug-likeness (QED) is 0.690. The lowest BCUT2D eigenvalue weighted by molar-refractivity contribution is -0.0679. The molecule has 2 aliphatic heterocycles. The lowest BCUT2D eigenvalue weighted by Crippen LogP contribution is -2.47. The number of carbonyl (C=O) groups excluding carboxylic acids is 2. The highest BCUT2D eigenvalue weighted by Gasteiger charge is 2.57. The number of hydrogen-bond donors (Lipinski definition) is 0. The highest BCUT2D eigenvalue weighted by Crippen LogP contribution is 2.40. The van der Waals surface area contributed by atoms with Crippen LogP contribution in [0, 0.1) is 5.92 Å². The molecular weight excluding hydrogens is 384 g/mol. The zero-order valence-electron chi connectivity index (χ0n) is 18.9. The maximum atomic E-state index is 12.6. The molecule has 7 heteroatoms. The Morgan fingerprint density at radius 3 is 2.20 bits per heavy atom. The first kappa shape index (κ1) is 22.4. The van der Waals surface area contributed by atoms with Crippen LogP contribution in [0.4, 0.5) is 9.59 Å². The summed E-state index contributed by atoms with van der Waals surface area (Å²) in [6.45, 7) is 13.8. The third-order valence-corrected chi connectivity index (χ3v) is 5.19. The van der Waals surface area contributed by atoms with Gasteiger partial charge in [-0.3, -0.25) is 4.90 Å². The lowest BCUT2D eigenvalue weighted by atomic mass is 9.95. The van der Waals surface area contributed by atoms with Crippen molar-refractivity contribution in [3.05, 3.63) is 35.9 Å². The topological polar surface area (TPSA) is 68.3 Å². The van der Waals surface area contributed by atoms with Crippen LogP contribution in [0.1, 0.15) is 47.1 Å². The van der Waals surface area contributed by atoms with Crippen LogP contribution in [-0.4, -0.2) is 65.0 Å². The number of likely N-dealkylation sites (tertiary alicyclic amines) is 2. The van der Waals surface area contributed by atoms with Crippen molar-refractivity contribution in [1.82, 2.24) is 9.80 Å². The summed E-state index contributed by atoms with van der Waals surface area (Å²) in [7, 11) is 0. The van der Waals surface area contributed by atoms with E-state index in [1.807, 2.05) is 39.0 Å². The Bertz CT molecular complexity index is 768. The van der Waals surface area contributed by atoms with Gasteiger partial charge in [-0.1, -0.05) is 30.3 Å². The predicted molar refractivity (Wildman–Crippen MR) is 113 cm³/mol. The average Bonchev–Trinajstić information content (AvgIpc) is 3.05. The number of benzene rings is 1. The van der Waals surface area contributed by atoms with Crippen LogP contribution in [0.5, 0.6) is 0 Å². The molecule has 1 amide bonds. The van der Waals surface area contributed by atoms with Crippen molar-refractivity contribution in [2.45, 2.75) is 64.9 Å². The van der Waals surface area contributed by atoms with Crippen LogP contribution >= 0.6 is 0 Å². The summed E-state index contributed by atoms with van der Waals surface area (Å²) >= 11 is 0. The van der Waals surface area contributed by atoms with E-state index in [4.69, 9.17) is 14.2 Å². The summed E-state index contributed by atoms with van der Waals surface area (Å²) in [5, 5.41) is 0. The number of fused-ring (bicyclic) bond motifs is 1. The van der Waals surface area contributed by atoms with E-state index in [1.165, 1.54) is 5.56 Å². The van der Waals surface area contributed by atoms with Crippen molar-refractivity contribution in [2.75, 3.05) is 26.2 Å². The van der Waals surface area contributed by atoms with Crippen LogP contribution in [-0.2, 0) is 20.8 Å². The molecule has 2 unspecified atom stereocenters. The van der Waals surface area contributed by atoms with Crippen LogP contribution < -0.4 is 0 Å². The van der Waals surface area contributed by atoms with Crippen LogP contribution in [0.15, 0.2) is 30.3 Å². The second-order valence-electron chi connectivity index (χ2n) is 10.3. The van der Waals surface area contributed by atoms with E-state index in [0.29, 0.717) is 19.6 Å². The molecule has 0 aromatic heterocycles. The van der Waals surface area contributed by atoms with E-state index in [2.05, 4.69) is 17.0 Å². The van der Waals surface area contributed by atoms with Crippen molar-refractivity contribution in [2.24, 2.45) is 5.92 Å². The minimum absolute atomic E-state index is 0.00116. The minimum Gasteiger partial charge on any atom is -0.444 e. The number of nitrogens with zero attached hydrogens (tertiary/aromatic N) is 2. The molecule has 2 saturated heterocycles. The number of amides is 1. The van der Waals surface area contributed by atoms with Crippen molar-refractivity contribution in [3.8, 4) is 0 Å². The molecule has 2 fully saturated rings. The molecule has 0 radical (unpaired) electrons. The average molecular weight is 419 g/mol. The van der Waals surface area contributed by atoms with Crippen LogP contribution in [0.25, 0.3) is 0 Å². The van der Waals surface area contributed by atoms with Crippen LogP contribution in [0.2, 0.25) is 0 Å². The van der Waals surface area contributed by atoms with Gasteiger partial charge in [-0.15, -0.1) is 0 Å². The first-order valence-electron chi connectivity index (χ1n) is 10.5. The Hall–Kier alpha value is -2.28. The molecule has 0 bridgehead atoms. The van der Waals surface area contributed by atoms with Gasteiger partial charge in [0.1, 0.15) is 11.2 Å². The Morgan fingerprint density at radius 2 is 1.60 bits per heavy atom. The molecule has 2 atom stereocenters. The molecule has 3 rings (SSSR count). The second-order valence-corrected chi connectivity index (χ2v) is 10.3. The zero-order chi connectivity index (χ0) is 22.2. The van der Waals surface area contributed by atoms with E-state index in [0.717, 1.165) is 13.1 Å². The summed E-state index contributed by atoms with van der Waals surface area (Å²) in [5.74, 6) is 0.00116. The molecule has 1 aromatic carbocycles. The molecule has 166 valence electrons. The highest BCUT2D eigenvalue weighted by atomic mass is 16.7. The maximum Gasteiger partial charge on any atom is 0.509 e. The summed E-state index contributed by atoms with van der Waals surface area (Å²) in [6.07, 6.45) is -1.07. The van der Waals surface area contributed by atoms with Gasteiger partial charge in [0.25, 0.3) is 0 Å². The Kier molecular flexibility index (Phi) is 6.05. The van der Waals surface area contributed by atoms with E-state index in [-0.39, 0.29) is 12.0 Å². The van der Waals surface area contributed by atoms with Gasteiger partial charge in [0.05, 0.1) is 6.54 Å². The number of hydrogen-bond acceptors (Lipinski definition) is 6. The molecule has 2 aliphatic rings. The van der Waals surface area contributed by atoms with Gasteiger partial charge in [-0.2, -0.15) is 0 Å². The third-order valence-electron chi connectivity index (χ3n) is 5.19. The van der Waals surface area contributed by atoms with Crippen molar-refractivity contribution < 1.29 is 23.8 Å². The van der Waals surface area contributed by atoms with Gasteiger partial charge in [-0.25, -0.2) is 9.59 Å². The van der Waals surface area contributed by atoms with E-state index >= 15 is 0 Å². The smallest absolute Gasteiger partial charge is 0.444 e. The molecule has 0 aliphatic carbocycles. The number of carbonyl (C=O) groups is 2. The van der Waals surface area contributed by atoms with Crippen molar-refractivity contribution >= 4 is 12.2 Å². The van der Waals surface area contributed by atoms with Gasteiger partial charge >= 0.3 is 12.2 Å². The van der Waals surface area contributed by atoms with Gasteiger partial charge in [0.15, 0.2) is 5.60 Å². The fourth-order valence-electron chi connectivity index (χ4n) is 4.12. The maximum absolute atomic E-state index is 12.6. The van der Waals surface area contributed by atoms with Crippen molar-refractivity contribution in [3.63, 3.8) is 0 Å². The zero-order valence-corrected chi connectivity index (χ0v) is 18.9. The van der Waals surface area contributed by atoms with Gasteiger partial charge in [0.2, 0.25) is 0 Å². The molecule has 0 spiro atoms. The van der Waals surface area contributed by atoms with E-state index < -0.39 is 23.0 Å². The molecule has 30 heavy (non-hydrogen) atoms. The van der Waals surface area contributed by atoms with Gasteiger partial charge in [-0.05, 0) is 47.1 Å². The predicted octanol–water partition coefficient (Wildman–Crippen LogP) is 4.06. The molecular formula is C23H34N2O5. The minimum atomic E-state index is -0.798.